The van der Waals surface area contributed by atoms with Crippen LogP contribution in [0.4, 0.5) is 13.2 Å². The van der Waals surface area contributed by atoms with Crippen molar-refractivity contribution in [3.8, 4) is 5.69 Å². The zero-order chi connectivity index (χ0) is 18.4. The van der Waals surface area contributed by atoms with E-state index in [1.807, 2.05) is 20.8 Å². The van der Waals surface area contributed by atoms with Gasteiger partial charge in [-0.25, -0.2) is 9.19 Å². The Bertz CT molecular complexity index is 863. The second kappa shape index (κ2) is 6.09. The minimum atomic E-state index is -4.35. The van der Waals surface area contributed by atoms with Crippen LogP contribution in [0.2, 0.25) is 0 Å². The second-order valence-electron chi connectivity index (χ2n) is 6.88. The number of nitrogens with zero attached hydrogens (tertiary/aromatic N) is 3. The smallest absolute Gasteiger partial charge is 0.302 e. The van der Waals surface area contributed by atoms with Crippen molar-refractivity contribution in [2.45, 2.75) is 44.5 Å². The minimum Gasteiger partial charge on any atom is -0.302 e. The molecular weight excluding hydrogens is 351 g/mol. The lowest BCUT2D eigenvalue weighted by Crippen LogP contribution is -2.20. The molecule has 1 aromatic heterocycles. The van der Waals surface area contributed by atoms with Gasteiger partial charge in [0.25, 0.3) is 0 Å². The van der Waals surface area contributed by atoms with Crippen molar-refractivity contribution in [3.05, 3.63) is 47.0 Å². The van der Waals surface area contributed by atoms with Crippen LogP contribution in [0, 0.1) is 0 Å². The fourth-order valence-electron chi connectivity index (χ4n) is 2.66. The van der Waals surface area contributed by atoms with Crippen LogP contribution in [0.5, 0.6) is 0 Å². The number of fused-ring (bicyclic) bond motifs is 3. The Labute approximate surface area is 146 Å². The third-order valence-corrected chi connectivity index (χ3v) is 5.34. The van der Waals surface area contributed by atoms with Gasteiger partial charge in [0.15, 0.2) is 0 Å². The molecule has 4 nitrogen and oxygen atoms in total. The molecule has 1 aromatic carbocycles. The summed E-state index contributed by atoms with van der Waals surface area (Å²) in [7, 11) is -1.39. The molecule has 0 fully saturated rings. The van der Waals surface area contributed by atoms with Crippen molar-refractivity contribution in [3.63, 3.8) is 0 Å². The number of hydrogen-bond acceptors (Lipinski definition) is 2. The van der Waals surface area contributed by atoms with E-state index in [0.29, 0.717) is 29.8 Å². The van der Waals surface area contributed by atoms with E-state index in [4.69, 9.17) is 0 Å². The Kier molecular flexibility index (Phi) is 4.35. The van der Waals surface area contributed by atoms with Gasteiger partial charge in [-0.1, -0.05) is 0 Å². The SMILES string of the molecule is CC(C)(C)S(=O)N=Cc1ncn2c1CCc1cc(C(F)(F)F)ccc1-2. The Balaban J connectivity index is 1.94. The average molecular weight is 369 g/mol. The molecule has 8 heteroatoms. The largest absolute Gasteiger partial charge is 0.416 e. The number of aromatic nitrogens is 2. The first-order chi connectivity index (χ1) is 11.6. The fourth-order valence-corrected chi connectivity index (χ4v) is 3.17. The van der Waals surface area contributed by atoms with Crippen molar-refractivity contribution in [1.29, 1.82) is 0 Å². The number of alkyl halides is 3. The van der Waals surface area contributed by atoms with E-state index in [-0.39, 0.29) is 0 Å². The normalized spacial score (nSPS) is 15.9. The number of halogens is 3. The molecule has 1 unspecified atom stereocenters. The first-order valence-corrected chi connectivity index (χ1v) is 8.91. The summed E-state index contributed by atoms with van der Waals surface area (Å²) < 4.78 is 56.0. The standard InChI is InChI=1S/C17H18F3N3OS/c1-16(2,3)25(24)22-9-13-15-6-4-11-8-12(17(18,19)20)5-7-14(11)23(15)10-21-13/h5,7-10H,4,6H2,1-3H3. The number of imidazole rings is 1. The van der Waals surface area contributed by atoms with E-state index in [0.717, 1.165) is 11.8 Å². The van der Waals surface area contributed by atoms with Gasteiger partial charge < -0.3 is 4.57 Å². The molecule has 0 spiro atoms. The maximum atomic E-state index is 12.9. The predicted molar refractivity (Wildman–Crippen MR) is 91.5 cm³/mol. The molecule has 0 radical (unpaired) electrons. The molecule has 0 saturated heterocycles. The summed E-state index contributed by atoms with van der Waals surface area (Å²) in [4.78, 5) is 4.28. The molecule has 134 valence electrons. The van der Waals surface area contributed by atoms with Gasteiger partial charge >= 0.3 is 6.18 Å². The average Bonchev–Trinajstić information content (AvgIpc) is 2.93. The van der Waals surface area contributed by atoms with E-state index in [2.05, 4.69) is 9.38 Å². The van der Waals surface area contributed by atoms with Crippen LogP contribution in [-0.4, -0.2) is 24.7 Å². The van der Waals surface area contributed by atoms with Gasteiger partial charge in [-0.15, -0.1) is 0 Å². The zero-order valence-corrected chi connectivity index (χ0v) is 14.9. The molecular formula is C17H18F3N3OS. The molecule has 1 aliphatic heterocycles. The van der Waals surface area contributed by atoms with E-state index >= 15 is 0 Å². The third-order valence-electron chi connectivity index (χ3n) is 3.99. The summed E-state index contributed by atoms with van der Waals surface area (Å²) in [5.74, 6) is 0. The highest BCUT2D eigenvalue weighted by atomic mass is 32.2. The monoisotopic (exact) mass is 369 g/mol. The Morgan fingerprint density at radius 3 is 2.60 bits per heavy atom. The lowest BCUT2D eigenvalue weighted by molar-refractivity contribution is -0.137. The minimum absolute atomic E-state index is 0.461. The van der Waals surface area contributed by atoms with Crippen LogP contribution in [0.25, 0.3) is 5.69 Å². The van der Waals surface area contributed by atoms with Crippen molar-refractivity contribution < 1.29 is 17.4 Å². The molecule has 0 aliphatic carbocycles. The molecule has 25 heavy (non-hydrogen) atoms. The van der Waals surface area contributed by atoms with Crippen LogP contribution in [0.1, 0.15) is 43.3 Å². The van der Waals surface area contributed by atoms with Gasteiger partial charge in [0.2, 0.25) is 0 Å². The number of aryl methyl sites for hydroxylation is 1. The van der Waals surface area contributed by atoms with Crippen LogP contribution in [0.15, 0.2) is 28.9 Å². The van der Waals surface area contributed by atoms with Gasteiger partial charge in [-0.2, -0.15) is 17.6 Å². The summed E-state index contributed by atoms with van der Waals surface area (Å²) in [6, 6.07) is 3.74. The maximum Gasteiger partial charge on any atom is 0.416 e. The van der Waals surface area contributed by atoms with Crippen molar-refractivity contribution in [1.82, 2.24) is 9.55 Å². The van der Waals surface area contributed by atoms with Crippen molar-refractivity contribution in [2.24, 2.45) is 4.40 Å². The van der Waals surface area contributed by atoms with E-state index in [1.165, 1.54) is 18.3 Å². The highest BCUT2D eigenvalue weighted by Crippen LogP contribution is 2.34. The molecule has 0 saturated carbocycles. The molecule has 2 aromatic rings. The summed E-state index contributed by atoms with van der Waals surface area (Å²) in [5, 5.41) is 0. The first-order valence-electron chi connectivity index (χ1n) is 7.80. The van der Waals surface area contributed by atoms with E-state index in [1.54, 1.807) is 10.9 Å². The summed E-state index contributed by atoms with van der Waals surface area (Å²) in [6.45, 7) is 5.49. The molecule has 0 bridgehead atoms. The summed E-state index contributed by atoms with van der Waals surface area (Å²) in [5.41, 5.74) is 2.15. The Morgan fingerprint density at radius 1 is 1.24 bits per heavy atom. The topological polar surface area (TPSA) is 47.2 Å². The highest BCUT2D eigenvalue weighted by molar-refractivity contribution is 7.85. The summed E-state index contributed by atoms with van der Waals surface area (Å²) >= 11 is 0. The van der Waals surface area contributed by atoms with Gasteiger partial charge in [0, 0.05) is 0 Å². The van der Waals surface area contributed by atoms with Crippen LogP contribution in [0.3, 0.4) is 0 Å². The zero-order valence-electron chi connectivity index (χ0n) is 14.1. The third kappa shape index (κ3) is 3.53. The molecule has 0 amide bonds. The van der Waals surface area contributed by atoms with Crippen LogP contribution >= 0.6 is 0 Å². The van der Waals surface area contributed by atoms with Gasteiger partial charge in [0.05, 0.1) is 27.9 Å². The van der Waals surface area contributed by atoms with Gasteiger partial charge in [0.1, 0.15) is 23.0 Å². The van der Waals surface area contributed by atoms with Gasteiger partial charge in [-0.3, -0.25) is 0 Å². The lowest BCUT2D eigenvalue weighted by Gasteiger charge is -2.20. The molecule has 3 rings (SSSR count). The second-order valence-corrected chi connectivity index (χ2v) is 8.82. The van der Waals surface area contributed by atoms with Crippen LogP contribution in [-0.2, 0) is 30.0 Å². The molecule has 2 heterocycles. The fraction of sp³-hybridized carbons (Fsp3) is 0.412. The van der Waals surface area contributed by atoms with Crippen molar-refractivity contribution >= 4 is 17.2 Å². The van der Waals surface area contributed by atoms with E-state index in [9.17, 15) is 17.4 Å². The number of benzene rings is 1. The quantitative estimate of drug-likeness (QED) is 0.755. The predicted octanol–water partition coefficient (Wildman–Crippen LogP) is 3.87. The van der Waals surface area contributed by atoms with E-state index < -0.39 is 27.5 Å². The summed E-state index contributed by atoms with van der Waals surface area (Å²) in [6.07, 6.45) is -0.241. The van der Waals surface area contributed by atoms with Crippen molar-refractivity contribution in [2.75, 3.05) is 0 Å². The number of hydrogen-bond donors (Lipinski definition) is 0. The number of rotatable bonds is 2. The Hall–Kier alpha value is -1.96. The first kappa shape index (κ1) is 17.8. The Morgan fingerprint density at radius 2 is 1.96 bits per heavy atom. The lowest BCUT2D eigenvalue weighted by atomic mass is 9.98. The van der Waals surface area contributed by atoms with Crippen LogP contribution < -0.4 is 0 Å². The molecule has 0 N–H and O–H groups in total. The molecule has 1 aliphatic rings. The van der Waals surface area contributed by atoms with Gasteiger partial charge in [-0.05, 0) is 57.4 Å². The maximum absolute atomic E-state index is 12.9. The molecule has 1 atom stereocenters. The highest BCUT2D eigenvalue weighted by Gasteiger charge is 2.32.